The lowest BCUT2D eigenvalue weighted by Gasteiger charge is -2.32. The summed E-state index contributed by atoms with van der Waals surface area (Å²) in [4.78, 5) is 24.8. The molecule has 1 aromatic rings. The van der Waals surface area contributed by atoms with Crippen molar-refractivity contribution in [2.75, 3.05) is 6.54 Å². The van der Waals surface area contributed by atoms with Crippen molar-refractivity contribution in [3.8, 4) is 0 Å². The second-order valence-electron chi connectivity index (χ2n) is 5.31. The zero-order chi connectivity index (χ0) is 15.2. The molecule has 1 heterocycles. The summed E-state index contributed by atoms with van der Waals surface area (Å²) in [6.07, 6.45) is 6.48. The SMILES string of the molecule is CCc1ccc(C=CC(=O)N2CCCC[C@H]2C(=O)O)cc1. The molecule has 21 heavy (non-hydrogen) atoms. The number of carboxylic acid groups (broad SMARTS) is 1. The molecule has 1 aliphatic rings. The summed E-state index contributed by atoms with van der Waals surface area (Å²) in [5.41, 5.74) is 2.20. The van der Waals surface area contributed by atoms with E-state index in [1.54, 1.807) is 6.08 Å². The van der Waals surface area contributed by atoms with Crippen molar-refractivity contribution in [2.45, 2.75) is 38.6 Å². The predicted octanol–water partition coefficient (Wildman–Crippen LogP) is 2.73. The number of aliphatic carboxylic acids is 1. The number of nitrogens with zero attached hydrogens (tertiary/aromatic N) is 1. The molecular formula is C17H21NO3. The Hall–Kier alpha value is -2.10. The average molecular weight is 287 g/mol. The molecule has 0 saturated carbocycles. The highest BCUT2D eigenvalue weighted by Crippen LogP contribution is 2.18. The molecule has 1 N–H and O–H groups in total. The van der Waals surface area contributed by atoms with E-state index in [9.17, 15) is 14.7 Å². The number of benzene rings is 1. The van der Waals surface area contributed by atoms with Gasteiger partial charge in [0.05, 0.1) is 0 Å². The monoisotopic (exact) mass is 287 g/mol. The molecule has 1 fully saturated rings. The Kier molecular flexibility index (Phi) is 5.14. The molecule has 0 aromatic heterocycles. The van der Waals surface area contributed by atoms with E-state index in [0.717, 1.165) is 24.8 Å². The average Bonchev–Trinajstić information content (AvgIpc) is 2.53. The van der Waals surface area contributed by atoms with Gasteiger partial charge in [-0.15, -0.1) is 0 Å². The zero-order valence-electron chi connectivity index (χ0n) is 12.3. The van der Waals surface area contributed by atoms with E-state index in [2.05, 4.69) is 6.92 Å². The summed E-state index contributed by atoms with van der Waals surface area (Å²) < 4.78 is 0. The van der Waals surface area contributed by atoms with Crippen molar-refractivity contribution in [2.24, 2.45) is 0 Å². The number of aryl methyl sites for hydroxylation is 1. The van der Waals surface area contributed by atoms with Gasteiger partial charge in [-0.1, -0.05) is 31.2 Å². The molecule has 0 spiro atoms. The zero-order valence-corrected chi connectivity index (χ0v) is 12.3. The number of likely N-dealkylation sites (tertiary alicyclic amines) is 1. The fraction of sp³-hybridized carbons (Fsp3) is 0.412. The Balaban J connectivity index is 2.04. The highest BCUT2D eigenvalue weighted by Gasteiger charge is 2.30. The molecule has 4 nitrogen and oxygen atoms in total. The number of piperidine rings is 1. The van der Waals surface area contributed by atoms with Crippen LogP contribution in [-0.4, -0.2) is 34.5 Å². The molecule has 1 aliphatic heterocycles. The standard InChI is InChI=1S/C17H21NO3/c1-2-13-6-8-14(9-7-13)10-11-16(19)18-12-4-3-5-15(18)17(20)21/h6-11,15H,2-5,12H2,1H3,(H,20,21)/t15-/m0/s1. The largest absolute Gasteiger partial charge is 0.480 e. The minimum atomic E-state index is -0.913. The Morgan fingerprint density at radius 3 is 2.62 bits per heavy atom. The lowest BCUT2D eigenvalue weighted by molar-refractivity contribution is -0.150. The molecule has 0 aliphatic carbocycles. The fourth-order valence-electron chi connectivity index (χ4n) is 2.58. The predicted molar refractivity (Wildman–Crippen MR) is 81.8 cm³/mol. The molecule has 2 rings (SSSR count). The van der Waals surface area contributed by atoms with E-state index in [1.807, 2.05) is 24.3 Å². The summed E-state index contributed by atoms with van der Waals surface area (Å²) >= 11 is 0. The van der Waals surface area contributed by atoms with E-state index in [0.29, 0.717) is 13.0 Å². The van der Waals surface area contributed by atoms with Gasteiger partial charge in [-0.2, -0.15) is 0 Å². The first-order chi connectivity index (χ1) is 10.1. The Morgan fingerprint density at radius 1 is 1.29 bits per heavy atom. The quantitative estimate of drug-likeness (QED) is 0.866. The van der Waals surface area contributed by atoms with Crippen LogP contribution in [0.4, 0.5) is 0 Å². The van der Waals surface area contributed by atoms with Gasteiger partial charge in [-0.25, -0.2) is 4.79 Å². The maximum Gasteiger partial charge on any atom is 0.326 e. The summed E-state index contributed by atoms with van der Waals surface area (Å²) in [6.45, 7) is 2.62. The van der Waals surface area contributed by atoms with Crippen LogP contribution < -0.4 is 0 Å². The van der Waals surface area contributed by atoms with Crippen molar-refractivity contribution < 1.29 is 14.7 Å². The van der Waals surface area contributed by atoms with Crippen LogP contribution in [0.2, 0.25) is 0 Å². The van der Waals surface area contributed by atoms with Crippen LogP contribution in [0, 0.1) is 0 Å². The maximum absolute atomic E-state index is 12.2. The van der Waals surface area contributed by atoms with E-state index in [-0.39, 0.29) is 5.91 Å². The van der Waals surface area contributed by atoms with Crippen LogP contribution >= 0.6 is 0 Å². The molecule has 4 heteroatoms. The molecule has 1 saturated heterocycles. The van der Waals surface area contributed by atoms with Crippen molar-refractivity contribution in [1.82, 2.24) is 4.90 Å². The fourth-order valence-corrected chi connectivity index (χ4v) is 2.58. The molecule has 0 radical (unpaired) electrons. The van der Waals surface area contributed by atoms with E-state index >= 15 is 0 Å². The summed E-state index contributed by atoms with van der Waals surface area (Å²) in [5.74, 6) is -1.13. The molecular weight excluding hydrogens is 266 g/mol. The summed E-state index contributed by atoms with van der Waals surface area (Å²) in [6, 6.07) is 7.32. The van der Waals surface area contributed by atoms with Gasteiger partial charge in [-0.3, -0.25) is 4.79 Å². The maximum atomic E-state index is 12.2. The van der Waals surface area contributed by atoms with Gasteiger partial charge in [0.15, 0.2) is 0 Å². The molecule has 1 aromatic carbocycles. The Morgan fingerprint density at radius 2 is 2.00 bits per heavy atom. The number of hydrogen-bond acceptors (Lipinski definition) is 2. The van der Waals surface area contributed by atoms with Gasteiger partial charge in [0.25, 0.3) is 0 Å². The van der Waals surface area contributed by atoms with Crippen molar-refractivity contribution in [3.63, 3.8) is 0 Å². The lowest BCUT2D eigenvalue weighted by Crippen LogP contribution is -2.47. The smallest absolute Gasteiger partial charge is 0.326 e. The third-order valence-corrected chi connectivity index (χ3v) is 3.88. The van der Waals surface area contributed by atoms with E-state index in [1.165, 1.54) is 16.5 Å². The minimum absolute atomic E-state index is 0.221. The van der Waals surface area contributed by atoms with Gasteiger partial charge in [0.2, 0.25) is 5.91 Å². The van der Waals surface area contributed by atoms with E-state index < -0.39 is 12.0 Å². The Bertz CT molecular complexity index is 533. The van der Waals surface area contributed by atoms with Gasteiger partial charge in [0, 0.05) is 12.6 Å². The number of carbonyl (C=O) groups is 2. The second kappa shape index (κ2) is 7.07. The summed E-state index contributed by atoms with van der Waals surface area (Å²) in [7, 11) is 0. The number of hydrogen-bond donors (Lipinski definition) is 1. The molecule has 112 valence electrons. The summed E-state index contributed by atoms with van der Waals surface area (Å²) in [5, 5.41) is 9.18. The van der Waals surface area contributed by atoms with Crippen LogP contribution in [-0.2, 0) is 16.0 Å². The number of carbonyl (C=O) groups excluding carboxylic acids is 1. The highest BCUT2D eigenvalue weighted by atomic mass is 16.4. The Labute approximate surface area is 125 Å². The first-order valence-corrected chi connectivity index (χ1v) is 7.42. The van der Waals surface area contributed by atoms with Crippen molar-refractivity contribution in [3.05, 3.63) is 41.5 Å². The highest BCUT2D eigenvalue weighted by molar-refractivity contribution is 5.94. The number of carboxylic acids is 1. The van der Waals surface area contributed by atoms with Crippen LogP contribution in [0.25, 0.3) is 6.08 Å². The van der Waals surface area contributed by atoms with Gasteiger partial charge >= 0.3 is 5.97 Å². The van der Waals surface area contributed by atoms with Crippen LogP contribution in [0.15, 0.2) is 30.3 Å². The van der Waals surface area contributed by atoms with Crippen LogP contribution in [0.1, 0.15) is 37.3 Å². The lowest BCUT2D eigenvalue weighted by atomic mass is 10.0. The van der Waals surface area contributed by atoms with Gasteiger partial charge in [-0.05, 0) is 42.9 Å². The van der Waals surface area contributed by atoms with Gasteiger partial charge in [0.1, 0.15) is 6.04 Å². The third-order valence-electron chi connectivity index (χ3n) is 3.88. The molecule has 0 bridgehead atoms. The first-order valence-electron chi connectivity index (χ1n) is 7.42. The second-order valence-corrected chi connectivity index (χ2v) is 5.31. The van der Waals surface area contributed by atoms with E-state index in [4.69, 9.17) is 0 Å². The van der Waals surface area contributed by atoms with Crippen molar-refractivity contribution in [1.29, 1.82) is 0 Å². The topological polar surface area (TPSA) is 57.6 Å². The number of rotatable bonds is 4. The first kappa shape index (κ1) is 15.3. The van der Waals surface area contributed by atoms with Crippen molar-refractivity contribution >= 4 is 18.0 Å². The normalized spacial score (nSPS) is 18.9. The van der Waals surface area contributed by atoms with Crippen LogP contribution in [0.5, 0.6) is 0 Å². The third kappa shape index (κ3) is 3.94. The number of amides is 1. The molecule has 1 atom stereocenters. The van der Waals surface area contributed by atoms with Crippen LogP contribution in [0.3, 0.4) is 0 Å². The molecule has 0 unspecified atom stereocenters. The molecule has 1 amide bonds. The minimum Gasteiger partial charge on any atom is -0.480 e. The van der Waals surface area contributed by atoms with Gasteiger partial charge < -0.3 is 10.0 Å².